The summed E-state index contributed by atoms with van der Waals surface area (Å²) in [4.78, 5) is 19.4. The van der Waals surface area contributed by atoms with Crippen LogP contribution in [0.1, 0.15) is 29.8 Å². The van der Waals surface area contributed by atoms with Crippen LogP contribution in [0.3, 0.4) is 0 Å². The van der Waals surface area contributed by atoms with Crippen LogP contribution in [0.2, 0.25) is 0 Å². The summed E-state index contributed by atoms with van der Waals surface area (Å²) < 4.78 is 1.61. The Morgan fingerprint density at radius 2 is 2.19 bits per heavy atom. The maximum absolute atomic E-state index is 11.1. The van der Waals surface area contributed by atoms with E-state index in [1.54, 1.807) is 17.1 Å². The Morgan fingerprint density at radius 3 is 2.95 bits per heavy atom. The predicted octanol–water partition coefficient (Wildman–Crippen LogP) is 2.47. The minimum Gasteiger partial charge on any atom is -0.475 e. The highest BCUT2D eigenvalue weighted by atomic mass is 16.4. The van der Waals surface area contributed by atoms with Gasteiger partial charge in [0.25, 0.3) is 5.82 Å². The molecular weight excluding hydrogens is 268 g/mol. The van der Waals surface area contributed by atoms with Crippen LogP contribution in [0.4, 0.5) is 0 Å². The zero-order chi connectivity index (χ0) is 14.8. The number of hydrogen-bond donors (Lipinski definition) is 1. The third-order valence-electron chi connectivity index (χ3n) is 3.23. The molecule has 0 radical (unpaired) electrons. The Balaban J connectivity index is 2.24. The van der Waals surface area contributed by atoms with Crippen LogP contribution >= 0.6 is 0 Å². The van der Waals surface area contributed by atoms with Crippen molar-refractivity contribution >= 4 is 16.7 Å². The van der Waals surface area contributed by atoms with Gasteiger partial charge in [-0.05, 0) is 23.9 Å². The van der Waals surface area contributed by atoms with Gasteiger partial charge in [0.15, 0.2) is 0 Å². The van der Waals surface area contributed by atoms with E-state index in [2.05, 4.69) is 15.1 Å². The summed E-state index contributed by atoms with van der Waals surface area (Å²) in [5.74, 6) is -0.657. The summed E-state index contributed by atoms with van der Waals surface area (Å²) >= 11 is 0. The fourth-order valence-corrected chi connectivity index (χ4v) is 2.30. The predicted molar refractivity (Wildman–Crippen MR) is 77.6 cm³/mol. The molecule has 2 aromatic heterocycles. The summed E-state index contributed by atoms with van der Waals surface area (Å²) in [6.07, 6.45) is 5.00. The fourth-order valence-electron chi connectivity index (χ4n) is 2.30. The average Bonchev–Trinajstić information content (AvgIpc) is 2.91. The normalized spacial score (nSPS) is 10.9. The third kappa shape index (κ3) is 2.35. The number of nitrogens with zero attached hydrogens (tertiary/aromatic N) is 4. The molecule has 0 spiro atoms. The standard InChI is InChI=1S/C15H14N4O2/c1-2-4-13-17-14(15(20)21)18-19(13)12-6-3-5-10-7-8-16-9-11(10)12/h3,5-9H,2,4H2,1H3,(H,20,21). The maximum Gasteiger partial charge on any atom is 0.375 e. The zero-order valence-corrected chi connectivity index (χ0v) is 11.5. The molecule has 1 N–H and O–H groups in total. The molecule has 1 aromatic carbocycles. The van der Waals surface area contributed by atoms with Gasteiger partial charge in [0.2, 0.25) is 0 Å². The van der Waals surface area contributed by atoms with Crippen molar-refractivity contribution in [3.05, 3.63) is 48.3 Å². The Morgan fingerprint density at radius 1 is 1.33 bits per heavy atom. The molecule has 0 saturated heterocycles. The first-order valence-corrected chi connectivity index (χ1v) is 6.73. The molecule has 0 saturated carbocycles. The number of carbonyl (C=O) groups is 1. The van der Waals surface area contributed by atoms with Gasteiger partial charge in [-0.15, -0.1) is 5.10 Å². The number of aryl methyl sites for hydroxylation is 1. The highest BCUT2D eigenvalue weighted by Gasteiger charge is 2.17. The topological polar surface area (TPSA) is 80.9 Å². The van der Waals surface area contributed by atoms with Gasteiger partial charge in [-0.1, -0.05) is 19.1 Å². The summed E-state index contributed by atoms with van der Waals surface area (Å²) in [7, 11) is 0. The highest BCUT2D eigenvalue weighted by Crippen LogP contribution is 2.22. The Labute approximate surface area is 121 Å². The Bertz CT molecular complexity index is 805. The van der Waals surface area contributed by atoms with E-state index in [9.17, 15) is 4.79 Å². The zero-order valence-electron chi connectivity index (χ0n) is 11.5. The molecular formula is C15H14N4O2. The van der Waals surface area contributed by atoms with Gasteiger partial charge >= 0.3 is 5.97 Å². The number of aromatic nitrogens is 4. The van der Waals surface area contributed by atoms with Crippen molar-refractivity contribution in [2.75, 3.05) is 0 Å². The molecule has 0 atom stereocenters. The van der Waals surface area contributed by atoms with Gasteiger partial charge < -0.3 is 5.11 Å². The third-order valence-corrected chi connectivity index (χ3v) is 3.23. The number of hydrogen-bond acceptors (Lipinski definition) is 4. The van der Waals surface area contributed by atoms with Crippen LogP contribution in [0, 0.1) is 0 Å². The molecule has 2 heterocycles. The van der Waals surface area contributed by atoms with E-state index in [4.69, 9.17) is 5.11 Å². The average molecular weight is 282 g/mol. The number of rotatable bonds is 4. The number of benzene rings is 1. The van der Waals surface area contributed by atoms with E-state index in [0.717, 1.165) is 22.9 Å². The lowest BCUT2D eigenvalue weighted by atomic mass is 10.1. The second-order valence-electron chi connectivity index (χ2n) is 4.69. The van der Waals surface area contributed by atoms with Gasteiger partial charge in [-0.2, -0.15) is 0 Å². The molecule has 0 unspecified atom stereocenters. The smallest absolute Gasteiger partial charge is 0.375 e. The molecule has 0 amide bonds. The van der Waals surface area contributed by atoms with Gasteiger partial charge in [-0.3, -0.25) is 4.98 Å². The van der Waals surface area contributed by atoms with Crippen molar-refractivity contribution in [3.63, 3.8) is 0 Å². The second-order valence-corrected chi connectivity index (χ2v) is 4.69. The van der Waals surface area contributed by atoms with Crippen molar-refractivity contribution < 1.29 is 9.90 Å². The lowest BCUT2D eigenvalue weighted by molar-refractivity contribution is 0.0683. The lowest BCUT2D eigenvalue weighted by Crippen LogP contribution is -2.04. The van der Waals surface area contributed by atoms with Crippen LogP contribution in [0.5, 0.6) is 0 Å². The van der Waals surface area contributed by atoms with E-state index >= 15 is 0 Å². The number of fused-ring (bicyclic) bond motifs is 1. The first kappa shape index (κ1) is 13.2. The molecule has 0 aliphatic rings. The van der Waals surface area contributed by atoms with Crippen molar-refractivity contribution in [2.24, 2.45) is 0 Å². The molecule has 3 rings (SSSR count). The van der Waals surface area contributed by atoms with E-state index in [-0.39, 0.29) is 5.82 Å². The number of aromatic carboxylic acids is 1. The molecule has 6 heteroatoms. The van der Waals surface area contributed by atoms with E-state index in [0.29, 0.717) is 12.2 Å². The van der Waals surface area contributed by atoms with Crippen LogP contribution in [0.25, 0.3) is 16.5 Å². The quantitative estimate of drug-likeness (QED) is 0.795. The Kier molecular flexibility index (Phi) is 3.35. The molecule has 0 aliphatic heterocycles. The molecule has 0 fully saturated rings. The summed E-state index contributed by atoms with van der Waals surface area (Å²) in [5.41, 5.74) is 0.795. The first-order valence-electron chi connectivity index (χ1n) is 6.73. The van der Waals surface area contributed by atoms with Gasteiger partial charge in [-0.25, -0.2) is 14.5 Å². The number of carboxylic acid groups (broad SMARTS) is 1. The van der Waals surface area contributed by atoms with E-state index < -0.39 is 5.97 Å². The van der Waals surface area contributed by atoms with Crippen molar-refractivity contribution in [3.8, 4) is 5.69 Å². The minimum atomic E-state index is -1.12. The molecule has 0 aliphatic carbocycles. The molecule has 0 bridgehead atoms. The molecule has 106 valence electrons. The van der Waals surface area contributed by atoms with E-state index in [1.807, 2.05) is 31.2 Å². The van der Waals surface area contributed by atoms with E-state index in [1.165, 1.54) is 0 Å². The molecule has 3 aromatic rings. The van der Waals surface area contributed by atoms with Crippen LogP contribution in [0.15, 0.2) is 36.7 Å². The summed E-state index contributed by atoms with van der Waals surface area (Å²) in [5, 5.41) is 15.2. The van der Waals surface area contributed by atoms with Crippen molar-refractivity contribution in [2.45, 2.75) is 19.8 Å². The van der Waals surface area contributed by atoms with Crippen molar-refractivity contribution in [1.29, 1.82) is 0 Å². The summed E-state index contributed by atoms with van der Waals surface area (Å²) in [6.45, 7) is 2.02. The molecule has 6 nitrogen and oxygen atoms in total. The monoisotopic (exact) mass is 282 g/mol. The van der Waals surface area contributed by atoms with Crippen molar-refractivity contribution in [1.82, 2.24) is 19.7 Å². The summed E-state index contributed by atoms with van der Waals surface area (Å²) in [6, 6.07) is 7.70. The largest absolute Gasteiger partial charge is 0.475 e. The van der Waals surface area contributed by atoms with Gasteiger partial charge in [0, 0.05) is 24.2 Å². The van der Waals surface area contributed by atoms with Gasteiger partial charge in [0.1, 0.15) is 5.82 Å². The van der Waals surface area contributed by atoms with Crippen LogP contribution < -0.4 is 0 Å². The maximum atomic E-state index is 11.1. The fraction of sp³-hybridized carbons (Fsp3) is 0.200. The highest BCUT2D eigenvalue weighted by molar-refractivity contribution is 5.89. The minimum absolute atomic E-state index is 0.181. The number of carboxylic acids is 1. The Hall–Kier alpha value is -2.76. The SMILES string of the molecule is CCCc1nc(C(=O)O)nn1-c1cccc2ccncc12. The first-order chi connectivity index (χ1) is 10.2. The lowest BCUT2D eigenvalue weighted by Gasteiger charge is -2.08. The second kappa shape index (κ2) is 5.32. The van der Waals surface area contributed by atoms with Gasteiger partial charge in [0.05, 0.1) is 5.69 Å². The number of pyridine rings is 1. The van der Waals surface area contributed by atoms with Crippen LogP contribution in [-0.2, 0) is 6.42 Å². The van der Waals surface area contributed by atoms with Crippen LogP contribution in [-0.4, -0.2) is 30.8 Å². The molecule has 21 heavy (non-hydrogen) atoms.